The lowest BCUT2D eigenvalue weighted by Gasteiger charge is -2.45. The fourth-order valence-corrected chi connectivity index (χ4v) is 6.36. The topological polar surface area (TPSA) is 81.0 Å². The third-order valence-electron chi connectivity index (χ3n) is 9.00. The minimum Gasteiger partial charge on any atom is -0.462 e. The molecule has 41 heavy (non-hydrogen) atoms. The van der Waals surface area contributed by atoms with Gasteiger partial charge in [-0.2, -0.15) is 15.2 Å². The van der Waals surface area contributed by atoms with Crippen molar-refractivity contribution in [1.29, 1.82) is 5.26 Å². The molecule has 0 amide bonds. The number of hydrogen-bond acceptors (Lipinski definition) is 9. The van der Waals surface area contributed by atoms with Crippen LogP contribution in [-0.4, -0.2) is 98.0 Å². The number of nitriles is 1. The van der Waals surface area contributed by atoms with Crippen molar-refractivity contribution in [3.8, 4) is 12.1 Å². The Morgan fingerprint density at radius 1 is 1.15 bits per heavy atom. The Morgan fingerprint density at radius 3 is 2.71 bits per heavy atom. The summed E-state index contributed by atoms with van der Waals surface area (Å²) >= 11 is 6.70. The van der Waals surface area contributed by atoms with Gasteiger partial charge in [-0.15, -0.1) is 0 Å². The number of likely N-dealkylation sites (N-methyl/N-ethyl adjacent to an activating group) is 2. The molecular weight excluding hydrogens is 538 g/mol. The van der Waals surface area contributed by atoms with E-state index in [9.17, 15) is 5.26 Å². The number of piperazine rings is 1. The molecule has 0 bridgehead atoms. The Morgan fingerprint density at radius 2 is 1.95 bits per heavy atom. The van der Waals surface area contributed by atoms with Crippen LogP contribution in [0.5, 0.6) is 6.01 Å². The number of benzene rings is 2. The Bertz CT molecular complexity index is 1450. The van der Waals surface area contributed by atoms with E-state index in [-0.39, 0.29) is 11.6 Å². The van der Waals surface area contributed by atoms with E-state index >= 15 is 0 Å². The molecular formula is C31H38ClN7O2. The van der Waals surface area contributed by atoms with E-state index in [0.29, 0.717) is 25.6 Å². The van der Waals surface area contributed by atoms with E-state index < -0.39 is 0 Å². The van der Waals surface area contributed by atoms with Crippen molar-refractivity contribution in [2.75, 3.05) is 76.4 Å². The molecule has 0 spiro atoms. The van der Waals surface area contributed by atoms with Gasteiger partial charge in [0, 0.05) is 55.4 Å². The number of rotatable bonds is 8. The Labute approximate surface area is 247 Å². The first-order valence-electron chi connectivity index (χ1n) is 14.4. The summed E-state index contributed by atoms with van der Waals surface area (Å²) in [6.07, 6.45) is 1.32. The molecule has 4 heterocycles. The number of ether oxygens (including phenoxy) is 2. The number of halogens is 1. The average Bonchev–Trinajstić information content (AvgIpc) is 2.96. The third kappa shape index (κ3) is 5.54. The zero-order valence-corrected chi connectivity index (χ0v) is 24.9. The number of hydrogen-bond donors (Lipinski definition) is 0. The summed E-state index contributed by atoms with van der Waals surface area (Å²) in [5.41, 5.74) is 3.34. The van der Waals surface area contributed by atoms with Gasteiger partial charge in [-0.1, -0.05) is 35.9 Å². The van der Waals surface area contributed by atoms with Crippen LogP contribution in [0.15, 0.2) is 36.4 Å². The van der Waals surface area contributed by atoms with Gasteiger partial charge in [-0.3, -0.25) is 9.80 Å². The summed E-state index contributed by atoms with van der Waals surface area (Å²) in [5, 5.41) is 12.4. The Hall–Kier alpha value is -3.16. The second-order valence-corrected chi connectivity index (χ2v) is 12.2. The monoisotopic (exact) mass is 575 g/mol. The SMILES string of the molecule is CN1CCN(c2nc(OCCN(C)C3(C)COC3)nc3c2CCN(c2cccc4cccc(Cl)c24)C3)CC1CC#N. The lowest BCUT2D eigenvalue weighted by atomic mass is 9.99. The first kappa shape index (κ1) is 28.0. The van der Waals surface area contributed by atoms with Crippen LogP contribution in [0.4, 0.5) is 11.5 Å². The predicted octanol–water partition coefficient (Wildman–Crippen LogP) is 3.98. The van der Waals surface area contributed by atoms with E-state index in [0.717, 1.165) is 85.4 Å². The van der Waals surface area contributed by atoms with Crippen LogP contribution in [0, 0.1) is 11.3 Å². The van der Waals surface area contributed by atoms with Crippen LogP contribution in [0.2, 0.25) is 5.02 Å². The highest BCUT2D eigenvalue weighted by Gasteiger charge is 2.37. The van der Waals surface area contributed by atoms with Crippen LogP contribution >= 0.6 is 11.6 Å². The van der Waals surface area contributed by atoms with E-state index in [4.69, 9.17) is 31.0 Å². The summed E-state index contributed by atoms with van der Waals surface area (Å²) in [5.74, 6) is 0.948. The molecule has 1 unspecified atom stereocenters. The summed E-state index contributed by atoms with van der Waals surface area (Å²) in [6, 6.07) is 15.3. The molecule has 3 aromatic rings. The van der Waals surface area contributed by atoms with Crippen LogP contribution < -0.4 is 14.5 Å². The standard InChI is InChI=1S/C31H38ClN7O2/c1-31(20-40-21-31)37(3)16-17-41-30-34-26-19-38(27-9-5-7-22-6-4-8-25(32)28(22)27)13-11-24(26)29(35-30)39-15-14-36(2)23(18-39)10-12-33/h4-9,23H,10-11,13-21H2,1-3H3. The number of fused-ring (bicyclic) bond motifs is 2. The third-order valence-corrected chi connectivity index (χ3v) is 9.32. The maximum Gasteiger partial charge on any atom is 0.318 e. The van der Waals surface area contributed by atoms with Crippen molar-refractivity contribution in [2.24, 2.45) is 0 Å². The molecule has 6 rings (SSSR count). The van der Waals surface area contributed by atoms with Crippen molar-refractivity contribution < 1.29 is 9.47 Å². The Balaban J connectivity index is 1.30. The summed E-state index contributed by atoms with van der Waals surface area (Å²) in [4.78, 5) is 19.2. The van der Waals surface area contributed by atoms with Crippen LogP contribution in [0.1, 0.15) is 24.6 Å². The predicted molar refractivity (Wildman–Crippen MR) is 162 cm³/mol. The Kier molecular flexibility index (Phi) is 7.92. The molecule has 0 N–H and O–H groups in total. The van der Waals surface area contributed by atoms with E-state index in [2.05, 4.69) is 71.0 Å². The second-order valence-electron chi connectivity index (χ2n) is 11.7. The maximum atomic E-state index is 9.42. The first-order chi connectivity index (χ1) is 19.9. The fourth-order valence-electron chi connectivity index (χ4n) is 6.09. The largest absolute Gasteiger partial charge is 0.462 e. The molecule has 216 valence electrons. The molecule has 3 aliphatic rings. The molecule has 3 aliphatic heterocycles. The van der Waals surface area contributed by atoms with Crippen LogP contribution in [0.3, 0.4) is 0 Å². The number of aromatic nitrogens is 2. The molecule has 2 aromatic carbocycles. The van der Waals surface area contributed by atoms with Gasteiger partial charge in [0.15, 0.2) is 0 Å². The first-order valence-corrected chi connectivity index (χ1v) is 14.8. The highest BCUT2D eigenvalue weighted by Crippen LogP contribution is 2.37. The molecule has 9 nitrogen and oxygen atoms in total. The normalized spacial score (nSPS) is 20.5. The summed E-state index contributed by atoms with van der Waals surface area (Å²) in [6.45, 7) is 8.93. The molecule has 10 heteroatoms. The van der Waals surface area contributed by atoms with Crippen molar-refractivity contribution >= 4 is 33.9 Å². The van der Waals surface area contributed by atoms with Gasteiger partial charge in [0.2, 0.25) is 0 Å². The van der Waals surface area contributed by atoms with E-state index in [1.807, 2.05) is 12.1 Å². The molecule has 0 aliphatic carbocycles. The molecule has 2 saturated heterocycles. The number of nitrogens with zero attached hydrogens (tertiary/aromatic N) is 7. The molecule has 0 saturated carbocycles. The minimum absolute atomic E-state index is 0.0566. The number of anilines is 2. The van der Waals surface area contributed by atoms with Crippen molar-refractivity contribution in [1.82, 2.24) is 19.8 Å². The van der Waals surface area contributed by atoms with Crippen molar-refractivity contribution in [2.45, 2.75) is 37.9 Å². The lowest BCUT2D eigenvalue weighted by Crippen LogP contribution is -2.59. The molecule has 0 radical (unpaired) electrons. The van der Waals surface area contributed by atoms with Gasteiger partial charge in [0.25, 0.3) is 0 Å². The van der Waals surface area contributed by atoms with Gasteiger partial charge in [-0.25, -0.2) is 0 Å². The highest BCUT2D eigenvalue weighted by atomic mass is 35.5. The zero-order chi connectivity index (χ0) is 28.6. The van der Waals surface area contributed by atoms with Gasteiger partial charge >= 0.3 is 6.01 Å². The van der Waals surface area contributed by atoms with Gasteiger partial charge < -0.3 is 19.3 Å². The van der Waals surface area contributed by atoms with Crippen molar-refractivity contribution in [3.05, 3.63) is 52.7 Å². The quantitative estimate of drug-likeness (QED) is 0.396. The van der Waals surface area contributed by atoms with Gasteiger partial charge in [-0.05, 0) is 45.0 Å². The molecule has 1 atom stereocenters. The van der Waals surface area contributed by atoms with E-state index in [1.54, 1.807) is 0 Å². The van der Waals surface area contributed by atoms with E-state index in [1.165, 1.54) is 5.56 Å². The summed E-state index contributed by atoms with van der Waals surface area (Å²) < 4.78 is 11.7. The molecule has 2 fully saturated rings. The van der Waals surface area contributed by atoms with Gasteiger partial charge in [0.1, 0.15) is 12.4 Å². The average molecular weight is 576 g/mol. The van der Waals surface area contributed by atoms with Crippen molar-refractivity contribution in [3.63, 3.8) is 0 Å². The highest BCUT2D eigenvalue weighted by molar-refractivity contribution is 6.36. The van der Waals surface area contributed by atoms with Crippen LogP contribution in [0.25, 0.3) is 10.8 Å². The second kappa shape index (κ2) is 11.6. The summed E-state index contributed by atoms with van der Waals surface area (Å²) in [7, 11) is 4.21. The smallest absolute Gasteiger partial charge is 0.318 e. The minimum atomic E-state index is 0.0566. The fraction of sp³-hybridized carbons (Fsp3) is 0.516. The lowest BCUT2D eigenvalue weighted by molar-refractivity contribution is -0.123. The molecule has 1 aromatic heterocycles. The van der Waals surface area contributed by atoms with Gasteiger partial charge in [0.05, 0.1) is 48.5 Å². The maximum absolute atomic E-state index is 9.42. The zero-order valence-electron chi connectivity index (χ0n) is 24.1. The van der Waals surface area contributed by atoms with Crippen LogP contribution in [-0.2, 0) is 17.7 Å².